The first kappa shape index (κ1) is 16.9. The molecule has 2 heterocycles. The van der Waals surface area contributed by atoms with E-state index < -0.39 is 17.1 Å². The molecule has 8 nitrogen and oxygen atoms in total. The van der Waals surface area contributed by atoms with Crippen molar-refractivity contribution in [2.24, 2.45) is 0 Å². The fourth-order valence-electron chi connectivity index (χ4n) is 3.52. The molecule has 0 bridgehead atoms. The minimum atomic E-state index is -0.748. The lowest BCUT2D eigenvalue weighted by Gasteiger charge is -2.34. The minimum absolute atomic E-state index is 0.0246. The summed E-state index contributed by atoms with van der Waals surface area (Å²) in [5.74, 6) is 5.18. The Balaban J connectivity index is 2.07. The van der Waals surface area contributed by atoms with Crippen molar-refractivity contribution < 1.29 is 13.9 Å². The molecule has 0 amide bonds. The van der Waals surface area contributed by atoms with E-state index >= 15 is 0 Å². The standard InChI is InChI=1S/C17H20FN4O4/c1-9-8-20(5-6-26-9)14-12(18)7-11-13(15(14)25-2)21(10-3-4-10)17(24)22(19)16(11)23/h7,9-10H,1,3-6,8,19H2,2H3. The topological polar surface area (TPSA) is 91.7 Å². The number of aromatic nitrogens is 2. The first-order chi connectivity index (χ1) is 12.4. The number of fused-ring (bicyclic) bond motifs is 1. The molecule has 2 aromatic rings. The van der Waals surface area contributed by atoms with Crippen LogP contribution in [-0.4, -0.2) is 42.2 Å². The molecule has 2 fully saturated rings. The maximum absolute atomic E-state index is 15.0. The molecule has 26 heavy (non-hydrogen) atoms. The van der Waals surface area contributed by atoms with Gasteiger partial charge in [-0.2, -0.15) is 4.68 Å². The number of anilines is 1. The molecule has 1 aliphatic heterocycles. The zero-order valence-electron chi connectivity index (χ0n) is 14.4. The van der Waals surface area contributed by atoms with Gasteiger partial charge >= 0.3 is 5.69 Å². The van der Waals surface area contributed by atoms with Crippen LogP contribution in [0.4, 0.5) is 10.1 Å². The number of ether oxygens (including phenoxy) is 2. The number of halogens is 1. The van der Waals surface area contributed by atoms with E-state index in [4.69, 9.17) is 15.3 Å². The second kappa shape index (κ2) is 6.01. The second-order valence-corrected chi connectivity index (χ2v) is 6.63. The van der Waals surface area contributed by atoms with Crippen LogP contribution in [0.1, 0.15) is 18.9 Å². The highest BCUT2D eigenvalue weighted by Crippen LogP contribution is 2.42. The first-order valence-electron chi connectivity index (χ1n) is 8.46. The lowest BCUT2D eigenvalue weighted by atomic mass is 10.1. The van der Waals surface area contributed by atoms with Gasteiger partial charge in [0.05, 0.1) is 25.2 Å². The van der Waals surface area contributed by atoms with E-state index in [0.29, 0.717) is 24.4 Å². The molecule has 1 atom stereocenters. The van der Waals surface area contributed by atoms with Crippen LogP contribution in [0.2, 0.25) is 0 Å². The summed E-state index contributed by atoms with van der Waals surface area (Å²) in [5.41, 5.74) is -0.879. The summed E-state index contributed by atoms with van der Waals surface area (Å²) in [5, 5.41) is 0.0246. The number of nitrogens with zero attached hydrogens (tertiary/aromatic N) is 3. The van der Waals surface area contributed by atoms with Crippen molar-refractivity contribution in [3.8, 4) is 5.75 Å². The quantitative estimate of drug-likeness (QED) is 0.794. The van der Waals surface area contributed by atoms with Gasteiger partial charge in [-0.05, 0) is 25.8 Å². The Hall–Kier alpha value is -2.55. The minimum Gasteiger partial charge on any atom is -0.492 e. The number of methoxy groups -OCH3 is 1. The number of hydrogen-bond donors (Lipinski definition) is 1. The van der Waals surface area contributed by atoms with Gasteiger partial charge in [0, 0.05) is 19.1 Å². The molecule has 1 aromatic heterocycles. The van der Waals surface area contributed by atoms with Crippen LogP contribution in [0.15, 0.2) is 15.7 Å². The summed E-state index contributed by atoms with van der Waals surface area (Å²) in [6, 6.07) is 1.06. The molecule has 4 rings (SSSR count). The van der Waals surface area contributed by atoms with Gasteiger partial charge in [-0.3, -0.25) is 9.36 Å². The molecule has 1 radical (unpaired) electrons. The summed E-state index contributed by atoms with van der Waals surface area (Å²) in [4.78, 5) is 26.8. The normalized spacial score (nSPS) is 20.6. The summed E-state index contributed by atoms with van der Waals surface area (Å²) in [7, 11) is 1.40. The van der Waals surface area contributed by atoms with Gasteiger partial charge in [-0.15, -0.1) is 0 Å². The Morgan fingerprint density at radius 2 is 2.12 bits per heavy atom. The van der Waals surface area contributed by atoms with Crippen LogP contribution in [0.3, 0.4) is 0 Å². The third kappa shape index (κ3) is 2.45. The van der Waals surface area contributed by atoms with Gasteiger partial charge in [-0.1, -0.05) is 0 Å². The Morgan fingerprint density at radius 1 is 1.38 bits per heavy atom. The average molecular weight is 363 g/mol. The molecule has 2 aliphatic rings. The fourth-order valence-corrected chi connectivity index (χ4v) is 3.52. The number of nitrogen functional groups attached to an aromatic ring is 1. The summed E-state index contributed by atoms with van der Waals surface area (Å²) in [6.07, 6.45) is 1.27. The van der Waals surface area contributed by atoms with E-state index in [9.17, 15) is 14.0 Å². The van der Waals surface area contributed by atoms with Crippen molar-refractivity contribution in [3.63, 3.8) is 0 Å². The molecule has 1 saturated heterocycles. The predicted octanol–water partition coefficient (Wildman–Crippen LogP) is 0.399. The third-order valence-electron chi connectivity index (χ3n) is 4.86. The van der Waals surface area contributed by atoms with Crippen molar-refractivity contribution in [3.05, 3.63) is 39.6 Å². The number of morpholine rings is 1. The van der Waals surface area contributed by atoms with Gasteiger partial charge in [-0.25, -0.2) is 9.18 Å². The molecule has 9 heteroatoms. The van der Waals surface area contributed by atoms with Crippen LogP contribution < -0.4 is 26.7 Å². The third-order valence-corrected chi connectivity index (χ3v) is 4.86. The monoisotopic (exact) mass is 363 g/mol. The van der Waals surface area contributed by atoms with Crippen molar-refractivity contribution >= 4 is 16.6 Å². The number of nitrogens with two attached hydrogens (primary N) is 1. The molecule has 139 valence electrons. The van der Waals surface area contributed by atoms with Crippen molar-refractivity contribution in [2.75, 3.05) is 37.5 Å². The summed E-state index contributed by atoms with van der Waals surface area (Å²) < 4.78 is 27.9. The Labute approximate surface area is 148 Å². The van der Waals surface area contributed by atoms with E-state index in [0.717, 1.165) is 18.9 Å². The zero-order valence-corrected chi connectivity index (χ0v) is 14.4. The van der Waals surface area contributed by atoms with Crippen LogP contribution in [0.5, 0.6) is 5.75 Å². The van der Waals surface area contributed by atoms with E-state index in [2.05, 4.69) is 6.92 Å². The molecule has 1 unspecified atom stereocenters. The smallest absolute Gasteiger partial charge is 0.350 e. The highest BCUT2D eigenvalue weighted by molar-refractivity contribution is 5.91. The van der Waals surface area contributed by atoms with E-state index in [1.807, 2.05) is 0 Å². The van der Waals surface area contributed by atoms with Gasteiger partial charge in [0.15, 0.2) is 11.6 Å². The lowest BCUT2D eigenvalue weighted by Crippen LogP contribution is -2.45. The second-order valence-electron chi connectivity index (χ2n) is 6.63. The number of hydrogen-bond acceptors (Lipinski definition) is 6. The molecule has 2 N–H and O–H groups in total. The van der Waals surface area contributed by atoms with Crippen LogP contribution >= 0.6 is 0 Å². The van der Waals surface area contributed by atoms with Crippen molar-refractivity contribution in [1.82, 2.24) is 9.24 Å². The Kier molecular flexibility index (Phi) is 3.91. The lowest BCUT2D eigenvalue weighted by molar-refractivity contribution is 0.0695. The van der Waals surface area contributed by atoms with Crippen molar-refractivity contribution in [1.29, 1.82) is 0 Å². The van der Waals surface area contributed by atoms with Crippen LogP contribution in [0.25, 0.3) is 10.9 Å². The van der Waals surface area contributed by atoms with Crippen LogP contribution in [-0.2, 0) is 4.74 Å². The van der Waals surface area contributed by atoms with Gasteiger partial charge in [0.2, 0.25) is 0 Å². The Bertz CT molecular complexity index is 995. The molecular formula is C17H20FN4O4. The van der Waals surface area contributed by atoms with Gasteiger partial charge in [0.25, 0.3) is 5.56 Å². The highest BCUT2D eigenvalue weighted by atomic mass is 19.1. The SMILES string of the molecule is [CH2]C1CN(c2c(F)cc3c(=O)n(N)c(=O)n(C4CC4)c3c2OC)CCO1. The first-order valence-corrected chi connectivity index (χ1v) is 8.46. The molecule has 1 saturated carbocycles. The fraction of sp³-hybridized carbons (Fsp3) is 0.471. The molecule has 0 spiro atoms. The maximum atomic E-state index is 15.0. The number of benzene rings is 1. The van der Waals surface area contributed by atoms with E-state index in [-0.39, 0.29) is 34.5 Å². The van der Waals surface area contributed by atoms with Crippen LogP contribution in [0, 0.1) is 12.7 Å². The Morgan fingerprint density at radius 3 is 2.73 bits per heavy atom. The highest BCUT2D eigenvalue weighted by Gasteiger charge is 2.33. The molecule has 1 aliphatic carbocycles. The largest absolute Gasteiger partial charge is 0.492 e. The maximum Gasteiger partial charge on any atom is 0.350 e. The average Bonchev–Trinajstić information content (AvgIpc) is 3.44. The van der Waals surface area contributed by atoms with E-state index in [1.54, 1.807) is 4.90 Å². The van der Waals surface area contributed by atoms with Gasteiger partial charge < -0.3 is 20.2 Å². The van der Waals surface area contributed by atoms with E-state index in [1.165, 1.54) is 11.7 Å². The number of rotatable bonds is 3. The molecule has 1 aromatic carbocycles. The summed E-state index contributed by atoms with van der Waals surface area (Å²) in [6.45, 7) is 5.09. The zero-order chi connectivity index (χ0) is 18.6. The summed E-state index contributed by atoms with van der Waals surface area (Å²) >= 11 is 0. The van der Waals surface area contributed by atoms with Crippen molar-refractivity contribution in [2.45, 2.75) is 25.0 Å². The predicted molar refractivity (Wildman–Crippen MR) is 94.7 cm³/mol. The van der Waals surface area contributed by atoms with Gasteiger partial charge in [0.1, 0.15) is 11.2 Å². The molecular weight excluding hydrogens is 343 g/mol.